The van der Waals surface area contributed by atoms with Gasteiger partial charge in [-0.05, 0) is 42.4 Å². The molecule has 3 aliphatic carbocycles. The molecular formula is C17H14F4N2O. The Morgan fingerprint density at radius 3 is 2.83 bits per heavy atom. The molecule has 2 bridgehead atoms. The molecular weight excluding hydrogens is 324 g/mol. The number of nitrogens with zero attached hydrogens (tertiary/aromatic N) is 1. The second-order valence-corrected chi connectivity index (χ2v) is 7.11. The SMILES string of the molecule is O[C@H]1C(C(F)(F)F)=C2c3ccc4[nH]ncc4c3[C@H](F)C23CC[C@@H]1C3. The molecule has 1 aromatic heterocycles. The van der Waals surface area contributed by atoms with Crippen LogP contribution < -0.4 is 0 Å². The van der Waals surface area contributed by atoms with Crippen LogP contribution in [-0.2, 0) is 0 Å². The highest BCUT2D eigenvalue weighted by Gasteiger charge is 2.63. The first-order chi connectivity index (χ1) is 11.3. The molecule has 0 saturated heterocycles. The molecule has 4 atom stereocenters. The zero-order valence-corrected chi connectivity index (χ0v) is 12.5. The Hall–Kier alpha value is -1.89. The van der Waals surface area contributed by atoms with Crippen molar-refractivity contribution in [2.75, 3.05) is 0 Å². The standard InChI is InChI=1S/C17H14F4N2O/c18-15-11-8(1-2-10-9(11)6-22-23-10)12-13(17(19,20)21)14(24)7-3-4-16(12,15)5-7/h1-2,6-7,14-15,24H,3-5H2,(H,22,23)/t7-,14-,15+,16?/m1/s1. The Balaban J connectivity index is 1.91. The summed E-state index contributed by atoms with van der Waals surface area (Å²) in [6.45, 7) is 0. The summed E-state index contributed by atoms with van der Waals surface area (Å²) >= 11 is 0. The van der Waals surface area contributed by atoms with E-state index in [0.717, 1.165) is 0 Å². The van der Waals surface area contributed by atoms with Gasteiger partial charge in [0.15, 0.2) is 0 Å². The van der Waals surface area contributed by atoms with Crippen molar-refractivity contribution >= 4 is 16.5 Å². The number of nitrogens with one attached hydrogen (secondary N) is 1. The Labute approximate surface area is 134 Å². The van der Waals surface area contributed by atoms with Crippen LogP contribution >= 0.6 is 0 Å². The van der Waals surface area contributed by atoms with Gasteiger partial charge in [-0.15, -0.1) is 0 Å². The van der Waals surface area contributed by atoms with Crippen molar-refractivity contribution in [3.63, 3.8) is 0 Å². The lowest BCUT2D eigenvalue weighted by Gasteiger charge is -2.37. The number of hydrogen-bond acceptors (Lipinski definition) is 2. The third-order valence-corrected chi connectivity index (χ3v) is 6.08. The fraction of sp³-hybridized carbons (Fsp3) is 0.471. The third-order valence-electron chi connectivity index (χ3n) is 6.08. The number of aromatic nitrogens is 2. The van der Waals surface area contributed by atoms with Crippen LogP contribution in [-0.4, -0.2) is 27.6 Å². The molecule has 1 spiro atoms. The fourth-order valence-electron chi connectivity index (χ4n) is 5.15. The van der Waals surface area contributed by atoms with Crippen molar-refractivity contribution < 1.29 is 22.7 Å². The molecule has 24 heavy (non-hydrogen) atoms. The lowest BCUT2D eigenvalue weighted by molar-refractivity contribution is -0.111. The van der Waals surface area contributed by atoms with Crippen molar-refractivity contribution in [3.8, 4) is 0 Å². The summed E-state index contributed by atoms with van der Waals surface area (Å²) in [6.07, 6.45) is -5.28. The molecule has 5 rings (SSSR count). The number of rotatable bonds is 0. The van der Waals surface area contributed by atoms with Crippen LogP contribution in [0.3, 0.4) is 0 Å². The Morgan fingerprint density at radius 2 is 2.08 bits per heavy atom. The van der Waals surface area contributed by atoms with Gasteiger partial charge in [0, 0.05) is 16.4 Å². The van der Waals surface area contributed by atoms with Gasteiger partial charge in [0.05, 0.1) is 23.4 Å². The average Bonchev–Trinajstić information content (AvgIpc) is 3.18. The van der Waals surface area contributed by atoms with Crippen LogP contribution in [0, 0.1) is 11.3 Å². The summed E-state index contributed by atoms with van der Waals surface area (Å²) in [5.41, 5.74) is -0.961. The van der Waals surface area contributed by atoms with Crippen molar-refractivity contribution in [1.29, 1.82) is 0 Å². The maximum absolute atomic E-state index is 15.5. The number of fused-ring (bicyclic) bond motifs is 5. The monoisotopic (exact) mass is 338 g/mol. The zero-order chi connectivity index (χ0) is 16.9. The Kier molecular flexibility index (Phi) is 2.53. The van der Waals surface area contributed by atoms with Gasteiger partial charge >= 0.3 is 6.18 Å². The lowest BCUT2D eigenvalue weighted by atomic mass is 9.69. The molecule has 3 aliphatic rings. The molecule has 0 radical (unpaired) electrons. The highest BCUT2D eigenvalue weighted by Crippen LogP contribution is 2.70. The van der Waals surface area contributed by atoms with E-state index < -0.39 is 35.4 Å². The first-order valence-electron chi connectivity index (χ1n) is 7.95. The first kappa shape index (κ1) is 14.5. The number of H-pyrrole nitrogens is 1. The smallest absolute Gasteiger partial charge is 0.388 e. The van der Waals surface area contributed by atoms with E-state index in [1.54, 1.807) is 6.07 Å². The van der Waals surface area contributed by atoms with Gasteiger partial charge in [-0.25, -0.2) is 4.39 Å². The van der Waals surface area contributed by atoms with Gasteiger partial charge in [-0.1, -0.05) is 6.07 Å². The molecule has 3 nitrogen and oxygen atoms in total. The minimum atomic E-state index is -4.67. The van der Waals surface area contributed by atoms with Crippen molar-refractivity contribution in [1.82, 2.24) is 10.2 Å². The molecule has 1 saturated carbocycles. The third kappa shape index (κ3) is 1.49. The van der Waals surface area contributed by atoms with E-state index in [9.17, 15) is 18.3 Å². The van der Waals surface area contributed by atoms with Crippen LogP contribution in [0.15, 0.2) is 23.9 Å². The second-order valence-electron chi connectivity index (χ2n) is 7.11. The summed E-state index contributed by atoms with van der Waals surface area (Å²) in [6, 6.07) is 3.16. The normalized spacial score (nSPS) is 34.8. The number of hydrogen-bond donors (Lipinski definition) is 2. The topological polar surface area (TPSA) is 48.9 Å². The number of aliphatic hydroxyl groups is 1. The zero-order valence-electron chi connectivity index (χ0n) is 12.5. The maximum atomic E-state index is 15.5. The predicted molar refractivity (Wildman–Crippen MR) is 78.7 cm³/mol. The van der Waals surface area contributed by atoms with Crippen LogP contribution in [0.5, 0.6) is 0 Å². The molecule has 1 heterocycles. The van der Waals surface area contributed by atoms with Crippen molar-refractivity contribution in [3.05, 3.63) is 35.0 Å². The Morgan fingerprint density at radius 1 is 1.29 bits per heavy atom. The molecule has 2 aromatic rings. The highest BCUT2D eigenvalue weighted by atomic mass is 19.4. The number of benzene rings is 1. The van der Waals surface area contributed by atoms with E-state index in [4.69, 9.17) is 0 Å². The van der Waals surface area contributed by atoms with Crippen LogP contribution in [0.1, 0.15) is 36.6 Å². The van der Waals surface area contributed by atoms with E-state index in [2.05, 4.69) is 10.2 Å². The van der Waals surface area contributed by atoms with Crippen LogP contribution in [0.25, 0.3) is 16.5 Å². The summed E-state index contributed by atoms with van der Waals surface area (Å²) in [5, 5.41) is 17.5. The van der Waals surface area contributed by atoms with E-state index in [0.29, 0.717) is 23.7 Å². The van der Waals surface area contributed by atoms with Gasteiger partial charge in [0.25, 0.3) is 0 Å². The molecule has 1 fully saturated rings. The number of alkyl halides is 4. The quantitative estimate of drug-likeness (QED) is 0.712. The average molecular weight is 338 g/mol. The van der Waals surface area contributed by atoms with Gasteiger partial charge in [0.1, 0.15) is 6.17 Å². The summed E-state index contributed by atoms with van der Waals surface area (Å²) in [5.74, 6) is -0.530. The fourth-order valence-corrected chi connectivity index (χ4v) is 5.15. The van der Waals surface area contributed by atoms with Crippen molar-refractivity contribution in [2.45, 2.75) is 37.7 Å². The molecule has 1 unspecified atom stereocenters. The first-order valence-corrected chi connectivity index (χ1v) is 7.95. The maximum Gasteiger partial charge on any atom is 0.415 e. The van der Waals surface area contributed by atoms with Crippen LogP contribution in [0.4, 0.5) is 17.6 Å². The van der Waals surface area contributed by atoms with E-state index >= 15 is 4.39 Å². The number of aliphatic hydroxyl groups excluding tert-OH is 1. The molecule has 126 valence electrons. The number of halogens is 4. The van der Waals surface area contributed by atoms with Gasteiger partial charge < -0.3 is 5.11 Å². The minimum absolute atomic E-state index is 0.0261. The highest BCUT2D eigenvalue weighted by molar-refractivity contribution is 5.94. The molecule has 0 aliphatic heterocycles. The van der Waals surface area contributed by atoms with E-state index in [1.165, 1.54) is 12.3 Å². The largest absolute Gasteiger partial charge is 0.415 e. The van der Waals surface area contributed by atoms with Gasteiger partial charge in [0.2, 0.25) is 0 Å². The van der Waals surface area contributed by atoms with E-state index in [1.807, 2.05) is 0 Å². The lowest BCUT2D eigenvalue weighted by Crippen LogP contribution is -2.37. The minimum Gasteiger partial charge on any atom is -0.388 e. The molecule has 2 N–H and O–H groups in total. The van der Waals surface area contributed by atoms with Crippen LogP contribution in [0.2, 0.25) is 0 Å². The van der Waals surface area contributed by atoms with Gasteiger partial charge in [-0.3, -0.25) is 5.10 Å². The number of aromatic amines is 1. The molecule has 1 aromatic carbocycles. The molecule has 0 amide bonds. The molecule has 7 heteroatoms. The summed E-state index contributed by atoms with van der Waals surface area (Å²) in [7, 11) is 0. The summed E-state index contributed by atoms with van der Waals surface area (Å²) < 4.78 is 56.7. The predicted octanol–water partition coefficient (Wildman–Crippen LogP) is 4.06. The second kappa shape index (κ2) is 4.20. The number of allylic oxidation sites excluding steroid dienone is 1. The van der Waals surface area contributed by atoms with Crippen molar-refractivity contribution in [2.24, 2.45) is 11.3 Å². The summed E-state index contributed by atoms with van der Waals surface area (Å²) in [4.78, 5) is 0. The van der Waals surface area contributed by atoms with E-state index in [-0.39, 0.29) is 23.1 Å². The van der Waals surface area contributed by atoms with Gasteiger partial charge in [-0.2, -0.15) is 18.3 Å². The Bertz CT molecular complexity index is 900.